The molecule has 4 heteroatoms. The van der Waals surface area contributed by atoms with Crippen LogP contribution in [-0.2, 0) is 4.79 Å². The van der Waals surface area contributed by atoms with E-state index in [-0.39, 0.29) is 11.8 Å². The lowest BCUT2D eigenvalue weighted by Gasteiger charge is -2.21. The molecule has 1 saturated heterocycles. The van der Waals surface area contributed by atoms with Gasteiger partial charge in [0.1, 0.15) is 5.82 Å². The zero-order chi connectivity index (χ0) is 11.4. The quantitative estimate of drug-likeness (QED) is 0.789. The number of nitrogens with one attached hydrogen (secondary N) is 2. The molecule has 2 rings (SSSR count). The van der Waals surface area contributed by atoms with Crippen molar-refractivity contribution in [3.63, 3.8) is 0 Å². The van der Waals surface area contributed by atoms with E-state index in [1.165, 1.54) is 0 Å². The predicted octanol–water partition coefficient (Wildman–Crippen LogP) is 1.33. The van der Waals surface area contributed by atoms with E-state index in [4.69, 9.17) is 0 Å². The number of aryl methyl sites for hydroxylation is 1. The van der Waals surface area contributed by atoms with Crippen molar-refractivity contribution >= 4 is 11.7 Å². The maximum atomic E-state index is 11.9. The number of amides is 1. The van der Waals surface area contributed by atoms with Crippen molar-refractivity contribution in [1.82, 2.24) is 10.3 Å². The molecule has 1 atom stereocenters. The molecule has 0 aliphatic carbocycles. The molecule has 0 aromatic carbocycles. The summed E-state index contributed by atoms with van der Waals surface area (Å²) in [4.78, 5) is 16.0. The summed E-state index contributed by atoms with van der Waals surface area (Å²) in [6.07, 6.45) is 3.79. The van der Waals surface area contributed by atoms with E-state index in [1.54, 1.807) is 6.20 Å². The predicted molar refractivity (Wildman–Crippen MR) is 63.2 cm³/mol. The second-order valence-corrected chi connectivity index (χ2v) is 4.25. The Morgan fingerprint density at radius 3 is 3.06 bits per heavy atom. The van der Waals surface area contributed by atoms with Gasteiger partial charge in [-0.25, -0.2) is 4.98 Å². The fourth-order valence-corrected chi connectivity index (χ4v) is 1.85. The number of nitrogens with zero attached hydrogens (tertiary/aromatic N) is 1. The molecule has 86 valence electrons. The van der Waals surface area contributed by atoms with E-state index in [0.29, 0.717) is 5.82 Å². The van der Waals surface area contributed by atoms with Gasteiger partial charge in [0.15, 0.2) is 0 Å². The Hall–Kier alpha value is -1.42. The van der Waals surface area contributed by atoms with Gasteiger partial charge in [0, 0.05) is 12.7 Å². The standard InChI is InChI=1S/C12H17N3O/c1-9-4-5-11(14-7-9)15-12(16)10-3-2-6-13-8-10/h4-5,7,10,13H,2-3,6,8H2,1H3,(H,14,15,16)/t10-/m0/s1. The summed E-state index contributed by atoms with van der Waals surface area (Å²) in [6.45, 7) is 3.77. The average molecular weight is 219 g/mol. The largest absolute Gasteiger partial charge is 0.316 e. The highest BCUT2D eigenvalue weighted by Crippen LogP contribution is 2.12. The third-order valence-corrected chi connectivity index (χ3v) is 2.83. The lowest BCUT2D eigenvalue weighted by molar-refractivity contribution is -0.120. The summed E-state index contributed by atoms with van der Waals surface area (Å²) in [7, 11) is 0. The Bertz CT molecular complexity index is 355. The lowest BCUT2D eigenvalue weighted by Crippen LogP contribution is -2.37. The molecular formula is C12H17N3O. The fraction of sp³-hybridized carbons (Fsp3) is 0.500. The monoisotopic (exact) mass is 219 g/mol. The van der Waals surface area contributed by atoms with Gasteiger partial charge in [0.25, 0.3) is 0 Å². The molecule has 4 nitrogen and oxygen atoms in total. The van der Waals surface area contributed by atoms with Gasteiger partial charge in [-0.3, -0.25) is 4.79 Å². The summed E-state index contributed by atoms with van der Waals surface area (Å²) in [5.74, 6) is 0.793. The van der Waals surface area contributed by atoms with E-state index in [2.05, 4.69) is 15.6 Å². The molecule has 2 heterocycles. The van der Waals surface area contributed by atoms with Crippen LogP contribution in [0.15, 0.2) is 18.3 Å². The number of hydrogen-bond donors (Lipinski definition) is 2. The highest BCUT2D eigenvalue weighted by molar-refractivity contribution is 5.91. The van der Waals surface area contributed by atoms with E-state index in [0.717, 1.165) is 31.5 Å². The second-order valence-electron chi connectivity index (χ2n) is 4.25. The summed E-state index contributed by atoms with van der Waals surface area (Å²) in [5.41, 5.74) is 1.09. The number of carbonyl (C=O) groups excluding carboxylic acids is 1. The highest BCUT2D eigenvalue weighted by atomic mass is 16.2. The maximum Gasteiger partial charge on any atom is 0.229 e. The Morgan fingerprint density at radius 1 is 1.56 bits per heavy atom. The van der Waals surface area contributed by atoms with Gasteiger partial charge in [-0.05, 0) is 37.9 Å². The molecule has 1 aliphatic heterocycles. The minimum absolute atomic E-state index is 0.0727. The minimum atomic E-state index is 0.0727. The van der Waals surface area contributed by atoms with Crippen LogP contribution in [0, 0.1) is 12.8 Å². The van der Waals surface area contributed by atoms with Crippen LogP contribution in [0.4, 0.5) is 5.82 Å². The molecular weight excluding hydrogens is 202 g/mol. The van der Waals surface area contributed by atoms with Gasteiger partial charge in [0.2, 0.25) is 5.91 Å². The van der Waals surface area contributed by atoms with Crippen LogP contribution in [0.3, 0.4) is 0 Å². The summed E-state index contributed by atoms with van der Waals surface area (Å²) in [6, 6.07) is 3.78. The van der Waals surface area contributed by atoms with Crippen molar-refractivity contribution in [2.45, 2.75) is 19.8 Å². The summed E-state index contributed by atoms with van der Waals surface area (Å²) >= 11 is 0. The van der Waals surface area contributed by atoms with Crippen LogP contribution in [0.25, 0.3) is 0 Å². The third kappa shape index (κ3) is 2.79. The first kappa shape index (κ1) is 11.1. The Kier molecular flexibility index (Phi) is 3.51. The molecule has 16 heavy (non-hydrogen) atoms. The fourth-order valence-electron chi connectivity index (χ4n) is 1.85. The van der Waals surface area contributed by atoms with E-state index in [1.807, 2.05) is 19.1 Å². The highest BCUT2D eigenvalue weighted by Gasteiger charge is 2.20. The van der Waals surface area contributed by atoms with Gasteiger partial charge >= 0.3 is 0 Å². The molecule has 1 amide bonds. The number of aromatic nitrogens is 1. The third-order valence-electron chi connectivity index (χ3n) is 2.83. The molecule has 0 bridgehead atoms. The molecule has 0 spiro atoms. The van der Waals surface area contributed by atoms with Crippen molar-refractivity contribution in [1.29, 1.82) is 0 Å². The zero-order valence-corrected chi connectivity index (χ0v) is 9.49. The topological polar surface area (TPSA) is 54.0 Å². The molecule has 1 aromatic heterocycles. The minimum Gasteiger partial charge on any atom is -0.316 e. The molecule has 0 radical (unpaired) electrons. The molecule has 2 N–H and O–H groups in total. The van der Waals surface area contributed by atoms with E-state index >= 15 is 0 Å². The van der Waals surface area contributed by atoms with E-state index in [9.17, 15) is 4.79 Å². The van der Waals surface area contributed by atoms with Crippen molar-refractivity contribution in [2.24, 2.45) is 5.92 Å². The van der Waals surface area contributed by atoms with Crippen LogP contribution < -0.4 is 10.6 Å². The summed E-state index contributed by atoms with van der Waals surface area (Å²) < 4.78 is 0. The molecule has 1 aliphatic rings. The number of anilines is 1. The smallest absolute Gasteiger partial charge is 0.229 e. The van der Waals surface area contributed by atoms with Crippen LogP contribution in [0.1, 0.15) is 18.4 Å². The van der Waals surface area contributed by atoms with Crippen molar-refractivity contribution in [3.8, 4) is 0 Å². The summed E-state index contributed by atoms with van der Waals surface area (Å²) in [5, 5.41) is 6.08. The van der Waals surface area contributed by atoms with Gasteiger partial charge in [-0.1, -0.05) is 6.07 Å². The lowest BCUT2D eigenvalue weighted by atomic mass is 9.99. The number of piperidine rings is 1. The van der Waals surface area contributed by atoms with Crippen LogP contribution in [0.5, 0.6) is 0 Å². The Labute approximate surface area is 95.5 Å². The van der Waals surface area contributed by atoms with Gasteiger partial charge in [-0.2, -0.15) is 0 Å². The van der Waals surface area contributed by atoms with Crippen molar-refractivity contribution < 1.29 is 4.79 Å². The van der Waals surface area contributed by atoms with Crippen molar-refractivity contribution in [3.05, 3.63) is 23.9 Å². The van der Waals surface area contributed by atoms with Gasteiger partial charge in [-0.15, -0.1) is 0 Å². The van der Waals surface area contributed by atoms with E-state index < -0.39 is 0 Å². The average Bonchev–Trinajstić information content (AvgIpc) is 2.33. The van der Waals surface area contributed by atoms with Crippen LogP contribution in [0.2, 0.25) is 0 Å². The van der Waals surface area contributed by atoms with Crippen LogP contribution in [-0.4, -0.2) is 24.0 Å². The molecule has 1 fully saturated rings. The normalized spacial score (nSPS) is 20.4. The van der Waals surface area contributed by atoms with Crippen LogP contribution >= 0.6 is 0 Å². The van der Waals surface area contributed by atoms with Gasteiger partial charge in [0.05, 0.1) is 5.92 Å². The Balaban J connectivity index is 1.93. The first-order chi connectivity index (χ1) is 7.75. The first-order valence-corrected chi connectivity index (χ1v) is 5.70. The van der Waals surface area contributed by atoms with Gasteiger partial charge < -0.3 is 10.6 Å². The number of hydrogen-bond acceptors (Lipinski definition) is 3. The maximum absolute atomic E-state index is 11.9. The molecule has 1 aromatic rings. The zero-order valence-electron chi connectivity index (χ0n) is 9.49. The Morgan fingerprint density at radius 2 is 2.44 bits per heavy atom. The SMILES string of the molecule is Cc1ccc(NC(=O)[C@H]2CCCNC2)nc1. The molecule has 0 saturated carbocycles. The number of carbonyl (C=O) groups is 1. The number of rotatable bonds is 2. The first-order valence-electron chi connectivity index (χ1n) is 5.70. The van der Waals surface area contributed by atoms with Crippen molar-refractivity contribution in [2.75, 3.05) is 18.4 Å². The molecule has 0 unspecified atom stereocenters. The second kappa shape index (κ2) is 5.07. The number of pyridine rings is 1.